The van der Waals surface area contributed by atoms with Crippen LogP contribution in [0.5, 0.6) is 0 Å². The minimum Gasteiger partial charge on any atom is -0.383 e. The van der Waals surface area contributed by atoms with Crippen LogP contribution in [0.4, 0.5) is 5.69 Å². The van der Waals surface area contributed by atoms with Crippen molar-refractivity contribution >= 4 is 24.0 Å². The number of carbonyl (C=O) groups excluding carboxylic acids is 1. The molecule has 1 N–H and O–H groups in total. The Morgan fingerprint density at radius 2 is 2.00 bits per heavy atom. The number of halogens is 1. The highest BCUT2D eigenvalue weighted by atomic mass is 35.5. The number of rotatable bonds is 7. The van der Waals surface area contributed by atoms with Gasteiger partial charge in [0.25, 0.3) is 0 Å². The van der Waals surface area contributed by atoms with Crippen LogP contribution in [0.2, 0.25) is 0 Å². The van der Waals surface area contributed by atoms with Crippen LogP contribution in [0.25, 0.3) is 0 Å². The van der Waals surface area contributed by atoms with Gasteiger partial charge in [0.05, 0.1) is 13.2 Å². The van der Waals surface area contributed by atoms with Gasteiger partial charge in [-0.2, -0.15) is 0 Å². The number of hydrogen-bond acceptors (Lipinski definition) is 3. The number of nitrogens with zero attached hydrogens (tertiary/aromatic N) is 1. The highest BCUT2D eigenvalue weighted by Gasteiger charge is 2.12. The molecular formula is C13H21ClN2O2. The number of para-hydroxylation sites is 1. The van der Waals surface area contributed by atoms with Crippen LogP contribution in [0, 0.1) is 0 Å². The summed E-state index contributed by atoms with van der Waals surface area (Å²) in [5.41, 5.74) is 0.938. The van der Waals surface area contributed by atoms with Crippen molar-refractivity contribution in [1.29, 1.82) is 0 Å². The first-order chi connectivity index (χ1) is 8.29. The summed E-state index contributed by atoms with van der Waals surface area (Å²) in [5.74, 6) is 0.0785. The number of likely N-dealkylation sites (N-methyl/N-ethyl adjacent to an activating group) is 1. The SMILES string of the molecule is CCN(C(=O)CNCCOC)c1ccccc1.Cl. The average Bonchev–Trinajstić information content (AvgIpc) is 2.37. The Morgan fingerprint density at radius 1 is 1.33 bits per heavy atom. The van der Waals surface area contributed by atoms with Crippen molar-refractivity contribution in [2.45, 2.75) is 6.92 Å². The largest absolute Gasteiger partial charge is 0.383 e. The molecule has 0 aliphatic rings. The average molecular weight is 273 g/mol. The second-order valence-corrected chi connectivity index (χ2v) is 3.64. The summed E-state index contributed by atoms with van der Waals surface area (Å²) >= 11 is 0. The first-order valence-electron chi connectivity index (χ1n) is 5.84. The number of nitrogens with one attached hydrogen (secondary N) is 1. The van der Waals surface area contributed by atoms with E-state index in [9.17, 15) is 4.79 Å². The summed E-state index contributed by atoms with van der Waals surface area (Å²) < 4.78 is 4.91. The summed E-state index contributed by atoms with van der Waals surface area (Å²) in [4.78, 5) is 13.7. The maximum absolute atomic E-state index is 12.0. The van der Waals surface area contributed by atoms with E-state index in [0.717, 1.165) is 5.69 Å². The lowest BCUT2D eigenvalue weighted by molar-refractivity contribution is -0.117. The molecule has 0 aliphatic carbocycles. The van der Waals surface area contributed by atoms with Crippen molar-refractivity contribution in [1.82, 2.24) is 5.32 Å². The van der Waals surface area contributed by atoms with Gasteiger partial charge in [-0.25, -0.2) is 0 Å². The minimum atomic E-state index is 0. The Labute approximate surface area is 115 Å². The molecule has 18 heavy (non-hydrogen) atoms. The van der Waals surface area contributed by atoms with Crippen molar-refractivity contribution in [2.24, 2.45) is 0 Å². The Balaban J connectivity index is 0.00000289. The minimum absolute atomic E-state index is 0. The maximum Gasteiger partial charge on any atom is 0.240 e. The second kappa shape index (κ2) is 9.88. The molecule has 0 spiro atoms. The zero-order chi connectivity index (χ0) is 12.5. The molecule has 0 saturated heterocycles. The number of anilines is 1. The molecule has 0 bridgehead atoms. The number of hydrogen-bond donors (Lipinski definition) is 1. The van der Waals surface area contributed by atoms with Gasteiger partial charge >= 0.3 is 0 Å². The van der Waals surface area contributed by atoms with E-state index >= 15 is 0 Å². The van der Waals surface area contributed by atoms with E-state index < -0.39 is 0 Å². The summed E-state index contributed by atoms with van der Waals surface area (Å²) in [6, 6.07) is 9.69. The molecule has 0 atom stereocenters. The summed E-state index contributed by atoms with van der Waals surface area (Å²) in [7, 11) is 1.64. The summed E-state index contributed by atoms with van der Waals surface area (Å²) in [6.45, 7) is 4.29. The van der Waals surface area contributed by atoms with Crippen molar-refractivity contribution in [2.75, 3.05) is 38.3 Å². The van der Waals surface area contributed by atoms with Crippen LogP contribution in [0.1, 0.15) is 6.92 Å². The fourth-order valence-electron chi connectivity index (χ4n) is 1.58. The van der Waals surface area contributed by atoms with Gasteiger partial charge in [-0.15, -0.1) is 12.4 Å². The molecule has 0 saturated carbocycles. The maximum atomic E-state index is 12.0. The Morgan fingerprint density at radius 3 is 2.56 bits per heavy atom. The molecule has 0 aromatic heterocycles. The fraction of sp³-hybridized carbons (Fsp3) is 0.462. The molecule has 0 aliphatic heterocycles. The van der Waals surface area contributed by atoms with Crippen molar-refractivity contribution in [3.8, 4) is 0 Å². The van der Waals surface area contributed by atoms with E-state index in [2.05, 4.69) is 5.32 Å². The number of amides is 1. The van der Waals surface area contributed by atoms with Gasteiger partial charge < -0.3 is 15.0 Å². The van der Waals surface area contributed by atoms with Crippen LogP contribution in [0.3, 0.4) is 0 Å². The van der Waals surface area contributed by atoms with Gasteiger partial charge in [0, 0.05) is 25.9 Å². The predicted molar refractivity (Wildman–Crippen MR) is 76.5 cm³/mol. The van der Waals surface area contributed by atoms with Gasteiger partial charge in [0.1, 0.15) is 0 Å². The lowest BCUT2D eigenvalue weighted by Crippen LogP contribution is -2.39. The van der Waals surface area contributed by atoms with Gasteiger partial charge in [0.15, 0.2) is 0 Å². The van der Waals surface area contributed by atoms with E-state index in [1.54, 1.807) is 12.0 Å². The molecule has 1 amide bonds. The number of methoxy groups -OCH3 is 1. The van der Waals surface area contributed by atoms with Crippen molar-refractivity contribution in [3.63, 3.8) is 0 Å². The third-order valence-electron chi connectivity index (χ3n) is 2.44. The van der Waals surface area contributed by atoms with Crippen LogP contribution in [0.15, 0.2) is 30.3 Å². The molecule has 0 fully saturated rings. The monoisotopic (exact) mass is 272 g/mol. The molecule has 0 radical (unpaired) electrons. The third kappa shape index (κ3) is 5.49. The van der Waals surface area contributed by atoms with Gasteiger partial charge in [0.2, 0.25) is 5.91 Å². The molecule has 0 heterocycles. The summed E-state index contributed by atoms with van der Waals surface area (Å²) in [5, 5.41) is 3.05. The van der Waals surface area contributed by atoms with Gasteiger partial charge in [-0.1, -0.05) is 18.2 Å². The van der Waals surface area contributed by atoms with Crippen molar-refractivity contribution in [3.05, 3.63) is 30.3 Å². The normalized spacial score (nSPS) is 9.67. The lowest BCUT2D eigenvalue weighted by Gasteiger charge is -2.21. The van der Waals surface area contributed by atoms with E-state index in [0.29, 0.717) is 26.2 Å². The number of ether oxygens (including phenoxy) is 1. The molecule has 1 rings (SSSR count). The third-order valence-corrected chi connectivity index (χ3v) is 2.44. The van der Waals surface area contributed by atoms with E-state index in [1.165, 1.54) is 0 Å². The highest BCUT2D eigenvalue weighted by Crippen LogP contribution is 2.12. The molecule has 102 valence electrons. The van der Waals surface area contributed by atoms with Crippen molar-refractivity contribution < 1.29 is 9.53 Å². The lowest BCUT2D eigenvalue weighted by atomic mass is 10.3. The van der Waals surface area contributed by atoms with Gasteiger partial charge in [-0.3, -0.25) is 4.79 Å². The van der Waals surface area contributed by atoms with E-state index in [4.69, 9.17) is 4.74 Å². The van der Waals surface area contributed by atoms with Crippen LogP contribution < -0.4 is 10.2 Å². The number of carbonyl (C=O) groups is 1. The smallest absolute Gasteiger partial charge is 0.240 e. The molecule has 5 heteroatoms. The fourth-order valence-corrected chi connectivity index (χ4v) is 1.58. The predicted octanol–water partition coefficient (Wildman–Crippen LogP) is 1.70. The van der Waals surface area contributed by atoms with Crippen LogP contribution in [-0.2, 0) is 9.53 Å². The Hall–Kier alpha value is -1.10. The van der Waals surface area contributed by atoms with Gasteiger partial charge in [-0.05, 0) is 19.1 Å². The van der Waals surface area contributed by atoms with E-state index in [1.807, 2.05) is 37.3 Å². The Kier molecular flexibility index (Phi) is 9.28. The van der Waals surface area contributed by atoms with Crippen LogP contribution in [-0.4, -0.2) is 39.3 Å². The molecule has 4 nitrogen and oxygen atoms in total. The second-order valence-electron chi connectivity index (χ2n) is 3.64. The number of benzene rings is 1. The highest BCUT2D eigenvalue weighted by molar-refractivity contribution is 5.94. The molecule has 1 aromatic rings. The molecular weight excluding hydrogens is 252 g/mol. The molecule has 0 unspecified atom stereocenters. The topological polar surface area (TPSA) is 41.6 Å². The molecule has 1 aromatic carbocycles. The van der Waals surface area contributed by atoms with E-state index in [-0.39, 0.29) is 18.3 Å². The first kappa shape index (κ1) is 16.9. The standard InChI is InChI=1S/C13H20N2O2.ClH/c1-3-15(12-7-5-4-6-8-12)13(16)11-14-9-10-17-2;/h4-8,14H,3,9-11H2,1-2H3;1H. The summed E-state index contributed by atoms with van der Waals surface area (Å²) in [6.07, 6.45) is 0. The zero-order valence-corrected chi connectivity index (χ0v) is 11.7. The first-order valence-corrected chi connectivity index (χ1v) is 5.84. The Bertz CT molecular complexity index is 333. The van der Waals surface area contributed by atoms with Crippen LogP contribution >= 0.6 is 12.4 Å². The zero-order valence-electron chi connectivity index (χ0n) is 10.9. The quantitative estimate of drug-likeness (QED) is 0.768.